The average molecular weight is 825 g/mol. The van der Waals surface area contributed by atoms with Crippen LogP contribution >= 0.6 is 0 Å². The molecule has 0 amide bonds. The summed E-state index contributed by atoms with van der Waals surface area (Å²) in [6, 6.07) is 47.9. The highest BCUT2D eigenvalue weighted by Crippen LogP contribution is 2.63. The fourth-order valence-corrected chi connectivity index (χ4v) is 14.4. The van der Waals surface area contributed by atoms with Crippen LogP contribution < -0.4 is 18.3 Å². The molecule has 61 heavy (non-hydrogen) atoms. The molecule has 0 aliphatic carbocycles. The van der Waals surface area contributed by atoms with Crippen LogP contribution in [0.15, 0.2) is 121 Å². The van der Waals surface area contributed by atoms with Gasteiger partial charge in [0.25, 0.3) is 0 Å². The molecule has 6 aromatic rings. The maximum atomic E-state index is 2.78. The first-order chi connectivity index (χ1) is 28.4. The Balaban J connectivity index is 1.57. The van der Waals surface area contributed by atoms with E-state index in [0.717, 1.165) is 0 Å². The molecule has 316 valence electrons. The number of benzene rings is 6. The summed E-state index contributed by atoms with van der Waals surface area (Å²) in [5, 5.41) is 0. The minimum absolute atomic E-state index is 0.0193. The molecule has 5 heteroatoms. The number of rotatable bonds is 4. The molecule has 4 nitrogen and oxygen atoms in total. The highest BCUT2D eigenvalue weighted by molar-refractivity contribution is 6.99. The fraction of sp³-hybridized carbons (Fsp3) is 0.357. The van der Waals surface area contributed by atoms with E-state index in [1.54, 1.807) is 0 Å². The molecule has 0 radical (unpaired) electrons. The first-order valence-electron chi connectivity index (χ1n) is 22.3. The minimum Gasteiger partial charge on any atom is -0.314 e. The van der Waals surface area contributed by atoms with Gasteiger partial charge < -0.3 is 18.3 Å². The molecule has 0 fully saturated rings. The van der Waals surface area contributed by atoms with Gasteiger partial charge in [-0.25, -0.2) is 0 Å². The molecule has 2 heterocycles. The first-order valence-corrected chi connectivity index (χ1v) is 24.1. The van der Waals surface area contributed by atoms with Crippen LogP contribution in [-0.4, -0.2) is 8.72 Å². The molecular weight excluding hydrogens is 757 g/mol. The third-order valence-corrected chi connectivity index (χ3v) is 17.7. The van der Waals surface area contributed by atoms with E-state index >= 15 is 0 Å². The standard InChI is InChI=1S/C56H68N4Si/c1-37-33-49-50(34-38(37)2)58(46-27-19-42(20-28-46)54(8,9)10)61(57(49)45-25-17-41(18-26-45)53(5,6)7)59(47-29-21-43(22-30-47)55(11,12)13)51-35-39(3)40(4)36-52(51)60(61)48-31-23-44(24-32-48)56(14,15)16/h17-36H,1-16H3. The predicted octanol–water partition coefficient (Wildman–Crippen LogP) is 15.8. The molecular formula is C56H68N4Si. The van der Waals surface area contributed by atoms with Crippen LogP contribution in [0.4, 0.5) is 45.5 Å². The van der Waals surface area contributed by atoms with Gasteiger partial charge in [0, 0.05) is 22.7 Å². The van der Waals surface area contributed by atoms with Crippen molar-refractivity contribution in [3.8, 4) is 0 Å². The Morgan fingerprint density at radius 3 is 0.590 bits per heavy atom. The zero-order chi connectivity index (χ0) is 44.2. The van der Waals surface area contributed by atoms with E-state index < -0.39 is 8.72 Å². The van der Waals surface area contributed by atoms with E-state index in [9.17, 15) is 0 Å². The minimum atomic E-state index is -3.57. The molecule has 0 bridgehead atoms. The summed E-state index contributed by atoms with van der Waals surface area (Å²) in [6.07, 6.45) is 0. The third-order valence-electron chi connectivity index (χ3n) is 13.3. The van der Waals surface area contributed by atoms with Gasteiger partial charge in [0.05, 0.1) is 22.7 Å². The molecule has 0 saturated heterocycles. The Kier molecular flexibility index (Phi) is 10.0. The van der Waals surface area contributed by atoms with Crippen molar-refractivity contribution in [2.75, 3.05) is 18.3 Å². The molecule has 2 aliphatic rings. The first kappa shape index (κ1) is 42.4. The topological polar surface area (TPSA) is 13.0 Å². The zero-order valence-corrected chi connectivity index (χ0v) is 40.8. The number of hydrogen-bond donors (Lipinski definition) is 0. The summed E-state index contributed by atoms with van der Waals surface area (Å²) in [4.78, 5) is 0. The molecule has 0 atom stereocenters. The summed E-state index contributed by atoms with van der Waals surface area (Å²) in [5.74, 6) is 0. The fourth-order valence-electron chi connectivity index (χ4n) is 9.23. The number of hydrogen-bond acceptors (Lipinski definition) is 4. The predicted molar refractivity (Wildman–Crippen MR) is 267 cm³/mol. The van der Waals surface area contributed by atoms with Crippen molar-refractivity contribution in [3.05, 3.63) is 166 Å². The number of aryl methyl sites for hydroxylation is 4. The van der Waals surface area contributed by atoms with Crippen molar-refractivity contribution in [2.24, 2.45) is 0 Å². The van der Waals surface area contributed by atoms with Gasteiger partial charge in [-0.2, -0.15) is 0 Å². The molecule has 8 rings (SSSR count). The van der Waals surface area contributed by atoms with Crippen molar-refractivity contribution in [2.45, 2.75) is 132 Å². The van der Waals surface area contributed by atoms with Gasteiger partial charge in [0.2, 0.25) is 0 Å². The van der Waals surface area contributed by atoms with E-state index in [2.05, 4.69) is 250 Å². The van der Waals surface area contributed by atoms with Crippen molar-refractivity contribution >= 4 is 54.2 Å². The van der Waals surface area contributed by atoms with E-state index in [1.165, 1.54) is 90.0 Å². The number of fused-ring (bicyclic) bond motifs is 2. The van der Waals surface area contributed by atoms with Gasteiger partial charge in [-0.1, -0.05) is 132 Å². The molecule has 2 aliphatic heterocycles. The molecule has 0 N–H and O–H groups in total. The van der Waals surface area contributed by atoms with E-state index in [4.69, 9.17) is 0 Å². The SMILES string of the molecule is Cc1cc2c(cc1C)N(c1ccc(C(C)(C)C)cc1)[Si]1(N2c2ccc(C(C)(C)C)cc2)N(c2ccc(C(C)(C)C)cc2)c2cc(C)c(C)cc2N1c1ccc(C(C)(C)C)cc1. The van der Waals surface area contributed by atoms with Gasteiger partial charge in [-0.3, -0.25) is 0 Å². The van der Waals surface area contributed by atoms with E-state index in [1.807, 2.05) is 0 Å². The molecule has 0 aromatic heterocycles. The summed E-state index contributed by atoms with van der Waals surface area (Å²) < 4.78 is 11.1. The highest BCUT2D eigenvalue weighted by atomic mass is 28.4. The lowest BCUT2D eigenvalue weighted by Gasteiger charge is -2.49. The van der Waals surface area contributed by atoms with Gasteiger partial charge in [-0.05, 0) is 167 Å². The maximum Gasteiger partial charge on any atom is 0.521 e. The van der Waals surface area contributed by atoms with Crippen LogP contribution in [0.3, 0.4) is 0 Å². The van der Waals surface area contributed by atoms with Crippen LogP contribution in [0.5, 0.6) is 0 Å². The summed E-state index contributed by atoms with van der Waals surface area (Å²) in [6.45, 7) is 36.8. The molecule has 6 aromatic carbocycles. The van der Waals surface area contributed by atoms with Crippen LogP contribution in [0.25, 0.3) is 0 Å². The Labute approximate surface area is 369 Å². The lowest BCUT2D eigenvalue weighted by atomic mass is 9.87. The third kappa shape index (κ3) is 7.07. The molecule has 0 saturated carbocycles. The van der Waals surface area contributed by atoms with Crippen molar-refractivity contribution < 1.29 is 0 Å². The Hall–Kier alpha value is -5.26. The van der Waals surface area contributed by atoms with E-state index in [-0.39, 0.29) is 21.7 Å². The quantitative estimate of drug-likeness (QED) is 0.164. The summed E-state index contributed by atoms with van der Waals surface area (Å²) in [5.41, 5.74) is 20.2. The molecule has 0 unspecified atom stereocenters. The summed E-state index contributed by atoms with van der Waals surface area (Å²) in [7, 11) is -3.57. The number of nitrogens with zero attached hydrogens (tertiary/aromatic N) is 4. The van der Waals surface area contributed by atoms with Crippen LogP contribution in [-0.2, 0) is 21.7 Å². The lowest BCUT2D eigenvalue weighted by Crippen LogP contribution is -2.76. The van der Waals surface area contributed by atoms with Gasteiger partial charge >= 0.3 is 8.72 Å². The van der Waals surface area contributed by atoms with Gasteiger partial charge in [0.1, 0.15) is 0 Å². The van der Waals surface area contributed by atoms with Gasteiger partial charge in [0.15, 0.2) is 0 Å². The Morgan fingerprint density at radius 2 is 0.443 bits per heavy atom. The lowest BCUT2D eigenvalue weighted by molar-refractivity contribution is 0.590. The second-order valence-electron chi connectivity index (χ2n) is 22.0. The van der Waals surface area contributed by atoms with Gasteiger partial charge in [-0.15, -0.1) is 0 Å². The Bertz CT molecular complexity index is 2220. The van der Waals surface area contributed by atoms with Crippen molar-refractivity contribution in [1.29, 1.82) is 0 Å². The second kappa shape index (κ2) is 14.4. The average Bonchev–Trinajstić information content (AvgIpc) is 3.61. The van der Waals surface area contributed by atoms with Crippen molar-refractivity contribution in [3.63, 3.8) is 0 Å². The van der Waals surface area contributed by atoms with E-state index in [0.29, 0.717) is 0 Å². The summed E-state index contributed by atoms with van der Waals surface area (Å²) >= 11 is 0. The smallest absolute Gasteiger partial charge is 0.314 e. The Morgan fingerprint density at radius 1 is 0.279 bits per heavy atom. The van der Waals surface area contributed by atoms with Crippen LogP contribution in [0.2, 0.25) is 0 Å². The zero-order valence-electron chi connectivity index (χ0n) is 39.8. The normalized spacial score (nSPS) is 15.2. The monoisotopic (exact) mass is 825 g/mol. The highest BCUT2D eigenvalue weighted by Gasteiger charge is 2.70. The second-order valence-corrected chi connectivity index (χ2v) is 25.0. The van der Waals surface area contributed by atoms with Crippen LogP contribution in [0.1, 0.15) is 128 Å². The van der Waals surface area contributed by atoms with Crippen molar-refractivity contribution in [1.82, 2.24) is 0 Å². The largest absolute Gasteiger partial charge is 0.521 e. The number of anilines is 8. The van der Waals surface area contributed by atoms with Crippen LogP contribution in [0, 0.1) is 27.7 Å². The maximum absolute atomic E-state index is 3.57. The molecule has 1 spiro atoms.